The lowest BCUT2D eigenvalue weighted by molar-refractivity contribution is 0.0517. The molecule has 0 fully saturated rings. The molecule has 96 valence electrons. The number of esters is 1. The van der Waals surface area contributed by atoms with Crippen molar-refractivity contribution in [2.45, 2.75) is 6.92 Å². The van der Waals surface area contributed by atoms with Gasteiger partial charge in [0.05, 0.1) is 17.6 Å². The highest BCUT2D eigenvalue weighted by Gasteiger charge is 2.16. The quantitative estimate of drug-likeness (QED) is 0.685. The number of aromatic nitrogens is 4. The van der Waals surface area contributed by atoms with Crippen LogP contribution in [0.2, 0.25) is 0 Å². The average molecular weight is 258 g/mol. The van der Waals surface area contributed by atoms with Gasteiger partial charge in [-0.15, -0.1) is 0 Å². The van der Waals surface area contributed by atoms with Crippen molar-refractivity contribution in [3.63, 3.8) is 0 Å². The summed E-state index contributed by atoms with van der Waals surface area (Å²) >= 11 is 0. The minimum Gasteiger partial charge on any atom is -0.461 e. The van der Waals surface area contributed by atoms with E-state index < -0.39 is 11.5 Å². The average Bonchev–Trinajstić information content (AvgIpc) is 2.76. The van der Waals surface area contributed by atoms with Gasteiger partial charge in [0, 0.05) is 0 Å². The van der Waals surface area contributed by atoms with Gasteiger partial charge in [-0.25, -0.2) is 14.3 Å². The molecule has 1 aromatic carbocycles. The Bertz CT molecular complexity index is 834. The monoisotopic (exact) mass is 258 g/mol. The molecule has 0 unspecified atom stereocenters. The van der Waals surface area contributed by atoms with Crippen molar-refractivity contribution in [3.05, 3.63) is 40.3 Å². The molecule has 3 rings (SSSR count). The van der Waals surface area contributed by atoms with Gasteiger partial charge in [0.25, 0.3) is 11.3 Å². The second kappa shape index (κ2) is 4.20. The number of ether oxygens (including phenoxy) is 1. The van der Waals surface area contributed by atoms with E-state index in [1.54, 1.807) is 19.1 Å². The fourth-order valence-electron chi connectivity index (χ4n) is 1.84. The normalized spacial score (nSPS) is 11.0. The van der Waals surface area contributed by atoms with Crippen molar-refractivity contribution in [1.82, 2.24) is 19.6 Å². The van der Waals surface area contributed by atoms with Crippen LogP contribution in [0.25, 0.3) is 16.8 Å². The van der Waals surface area contributed by atoms with E-state index in [9.17, 15) is 9.59 Å². The number of carbonyl (C=O) groups is 1. The Kier molecular flexibility index (Phi) is 2.52. The number of hydrogen-bond donors (Lipinski definition) is 1. The maximum atomic E-state index is 11.8. The maximum absolute atomic E-state index is 11.8. The summed E-state index contributed by atoms with van der Waals surface area (Å²) in [6.07, 6.45) is 0. The number of hydrogen-bond acceptors (Lipinski definition) is 5. The van der Waals surface area contributed by atoms with E-state index in [0.29, 0.717) is 5.52 Å². The molecule has 0 radical (unpaired) electrons. The smallest absolute Gasteiger partial charge is 0.362 e. The summed E-state index contributed by atoms with van der Waals surface area (Å²) in [6.45, 7) is 1.84. The first-order chi connectivity index (χ1) is 9.20. The first-order valence-electron chi connectivity index (χ1n) is 5.75. The summed E-state index contributed by atoms with van der Waals surface area (Å²) in [5, 5.41) is 2.56. The molecule has 19 heavy (non-hydrogen) atoms. The van der Waals surface area contributed by atoms with Crippen molar-refractivity contribution in [1.29, 1.82) is 0 Å². The van der Waals surface area contributed by atoms with Gasteiger partial charge in [0.2, 0.25) is 5.69 Å². The van der Waals surface area contributed by atoms with Crippen LogP contribution < -0.4 is 5.56 Å². The molecule has 0 saturated carbocycles. The van der Waals surface area contributed by atoms with Crippen LogP contribution in [-0.2, 0) is 4.74 Å². The molecule has 0 atom stereocenters. The van der Waals surface area contributed by atoms with Gasteiger partial charge in [0.1, 0.15) is 0 Å². The number of rotatable bonds is 2. The molecule has 0 spiro atoms. The van der Waals surface area contributed by atoms with Crippen molar-refractivity contribution < 1.29 is 9.53 Å². The van der Waals surface area contributed by atoms with E-state index in [-0.39, 0.29) is 18.1 Å². The Morgan fingerprint density at radius 3 is 2.95 bits per heavy atom. The van der Waals surface area contributed by atoms with Crippen LogP contribution in [0, 0.1) is 0 Å². The van der Waals surface area contributed by atoms with Crippen LogP contribution in [0.3, 0.4) is 0 Å². The predicted molar refractivity (Wildman–Crippen MR) is 67.1 cm³/mol. The third-order valence-electron chi connectivity index (χ3n) is 2.65. The molecule has 7 heteroatoms. The molecule has 0 saturated heterocycles. The van der Waals surface area contributed by atoms with Crippen molar-refractivity contribution >= 4 is 22.8 Å². The summed E-state index contributed by atoms with van der Waals surface area (Å²) in [7, 11) is 0. The van der Waals surface area contributed by atoms with Gasteiger partial charge in [-0.1, -0.05) is 12.1 Å². The third-order valence-corrected chi connectivity index (χ3v) is 2.65. The molecule has 0 bridgehead atoms. The zero-order chi connectivity index (χ0) is 13.4. The minimum absolute atomic E-state index is 0.182. The largest absolute Gasteiger partial charge is 0.461 e. The Morgan fingerprint density at radius 2 is 2.16 bits per heavy atom. The Hall–Kier alpha value is -2.70. The summed E-state index contributed by atoms with van der Waals surface area (Å²) in [6, 6.07) is 7.26. The lowest BCUT2D eigenvalue weighted by atomic mass is 10.3. The lowest BCUT2D eigenvalue weighted by Gasteiger charge is -2.00. The van der Waals surface area contributed by atoms with Gasteiger partial charge >= 0.3 is 5.97 Å². The Labute approximate surface area is 106 Å². The third kappa shape index (κ3) is 1.75. The fourth-order valence-corrected chi connectivity index (χ4v) is 1.84. The molecular weight excluding hydrogens is 248 g/mol. The van der Waals surface area contributed by atoms with E-state index in [2.05, 4.69) is 15.1 Å². The summed E-state index contributed by atoms with van der Waals surface area (Å²) in [5.41, 5.74) is 0.517. The van der Waals surface area contributed by atoms with Crippen molar-refractivity contribution in [2.24, 2.45) is 0 Å². The number of benzene rings is 1. The van der Waals surface area contributed by atoms with E-state index in [1.807, 2.05) is 12.1 Å². The molecule has 0 aliphatic rings. The van der Waals surface area contributed by atoms with E-state index in [4.69, 9.17) is 4.74 Å². The summed E-state index contributed by atoms with van der Waals surface area (Å²) in [4.78, 5) is 31.6. The zero-order valence-corrected chi connectivity index (χ0v) is 10.1. The first kappa shape index (κ1) is 11.4. The number of aromatic amines is 1. The van der Waals surface area contributed by atoms with Gasteiger partial charge < -0.3 is 4.74 Å². The Morgan fingerprint density at radius 1 is 1.37 bits per heavy atom. The van der Waals surface area contributed by atoms with Gasteiger partial charge in [-0.3, -0.25) is 9.89 Å². The van der Waals surface area contributed by atoms with Crippen LogP contribution in [-0.4, -0.2) is 32.2 Å². The Balaban J connectivity index is 2.29. The molecule has 0 aliphatic carbocycles. The molecule has 1 N–H and O–H groups in total. The van der Waals surface area contributed by atoms with Crippen LogP contribution in [0.1, 0.15) is 17.4 Å². The molecule has 0 aliphatic heterocycles. The number of nitrogens with zero attached hydrogens (tertiary/aromatic N) is 3. The first-order valence-corrected chi connectivity index (χ1v) is 5.75. The highest BCUT2D eigenvalue weighted by atomic mass is 16.5. The fraction of sp³-hybridized carbons (Fsp3) is 0.167. The summed E-state index contributed by atoms with van der Waals surface area (Å²) < 4.78 is 6.22. The zero-order valence-electron chi connectivity index (χ0n) is 10.1. The molecule has 2 heterocycles. The highest BCUT2D eigenvalue weighted by molar-refractivity contribution is 5.87. The molecule has 7 nitrogen and oxygen atoms in total. The molecule has 2 aromatic heterocycles. The van der Waals surface area contributed by atoms with Crippen LogP contribution in [0.4, 0.5) is 0 Å². The van der Waals surface area contributed by atoms with Crippen molar-refractivity contribution in [3.8, 4) is 0 Å². The molecule has 3 aromatic rings. The topological polar surface area (TPSA) is 89.3 Å². The number of H-pyrrole nitrogens is 1. The molecule has 0 amide bonds. The number of nitrogens with one attached hydrogen (secondary N) is 1. The van der Waals surface area contributed by atoms with Crippen LogP contribution in [0.5, 0.6) is 0 Å². The number of imidazole rings is 1. The van der Waals surface area contributed by atoms with Crippen LogP contribution in [0.15, 0.2) is 29.1 Å². The minimum atomic E-state index is -0.752. The lowest BCUT2D eigenvalue weighted by Crippen LogP contribution is -2.24. The van der Waals surface area contributed by atoms with Gasteiger partial charge in [-0.2, -0.15) is 4.98 Å². The number of fused-ring (bicyclic) bond motifs is 3. The van der Waals surface area contributed by atoms with E-state index >= 15 is 0 Å². The molecular formula is C12H10N4O3. The number of para-hydroxylation sites is 2. The standard InChI is InChI=1S/C12H10N4O3/c1-2-19-11(18)9-10(17)15-16-8-6-4-3-5-7(8)13-12(16)14-9/h3-6H,2H2,1H3,(H,15,17). The SMILES string of the molecule is CCOC(=O)c1nc2nc3ccccc3n2[nH]c1=O. The van der Waals surface area contributed by atoms with Crippen molar-refractivity contribution in [2.75, 3.05) is 6.61 Å². The maximum Gasteiger partial charge on any atom is 0.362 e. The van der Waals surface area contributed by atoms with Gasteiger partial charge in [0.15, 0.2) is 0 Å². The predicted octanol–water partition coefficient (Wildman–Crippen LogP) is 0.747. The second-order valence-corrected chi connectivity index (χ2v) is 3.86. The van der Waals surface area contributed by atoms with E-state index in [0.717, 1.165) is 5.52 Å². The number of carbonyl (C=O) groups excluding carboxylic acids is 1. The van der Waals surface area contributed by atoms with E-state index in [1.165, 1.54) is 4.52 Å². The highest BCUT2D eigenvalue weighted by Crippen LogP contribution is 2.12. The van der Waals surface area contributed by atoms with Gasteiger partial charge in [-0.05, 0) is 19.1 Å². The summed E-state index contributed by atoms with van der Waals surface area (Å²) in [5.74, 6) is -0.498. The second-order valence-electron chi connectivity index (χ2n) is 3.86. The van der Waals surface area contributed by atoms with Crippen LogP contribution >= 0.6 is 0 Å².